The topological polar surface area (TPSA) is 46.1 Å². The lowest BCUT2D eigenvalue weighted by Gasteiger charge is -2.32. The predicted molar refractivity (Wildman–Crippen MR) is 116 cm³/mol. The first kappa shape index (κ1) is 18.9. The van der Waals surface area contributed by atoms with Crippen LogP contribution in [0.1, 0.15) is 40.9 Å². The minimum Gasteiger partial charge on any atom is -0.342 e. The Morgan fingerprint density at radius 1 is 1.33 bits per heavy atom. The van der Waals surface area contributed by atoms with Crippen LogP contribution in [0, 0.1) is 6.92 Å². The number of thioether (sulfide) groups is 1. The van der Waals surface area contributed by atoms with Crippen LogP contribution in [0.2, 0.25) is 0 Å². The molecule has 0 radical (unpaired) electrons. The van der Waals surface area contributed by atoms with Crippen molar-refractivity contribution in [3.8, 4) is 0 Å². The van der Waals surface area contributed by atoms with Crippen molar-refractivity contribution in [2.45, 2.75) is 37.9 Å². The maximum absolute atomic E-state index is 12.6. The van der Waals surface area contributed by atoms with E-state index in [4.69, 9.17) is 4.98 Å². The Labute approximate surface area is 172 Å². The highest BCUT2D eigenvalue weighted by atomic mass is 32.2. The zero-order valence-electron chi connectivity index (χ0n) is 15.4. The average molecular weight is 418 g/mol. The van der Waals surface area contributed by atoms with E-state index in [1.807, 2.05) is 17.9 Å². The Balaban J connectivity index is 1.28. The van der Waals surface area contributed by atoms with Crippen molar-refractivity contribution in [2.24, 2.45) is 0 Å². The summed E-state index contributed by atoms with van der Waals surface area (Å²) in [5.41, 5.74) is 2.21. The molecular weight excluding hydrogens is 394 g/mol. The number of rotatable bonds is 6. The number of fused-ring (bicyclic) bond motifs is 1. The van der Waals surface area contributed by atoms with Crippen molar-refractivity contribution in [2.75, 3.05) is 18.8 Å². The number of hydrogen-bond donors (Lipinski definition) is 0. The number of aryl methyl sites for hydroxylation is 1. The summed E-state index contributed by atoms with van der Waals surface area (Å²) in [5, 5.41) is 4.40. The van der Waals surface area contributed by atoms with Gasteiger partial charge in [0.25, 0.3) is 0 Å². The molecular formula is C20H23N3OS3. The van der Waals surface area contributed by atoms with Crippen LogP contribution in [-0.2, 0) is 10.5 Å². The molecule has 142 valence electrons. The first-order chi connectivity index (χ1) is 13.2. The van der Waals surface area contributed by atoms with E-state index in [1.165, 1.54) is 9.71 Å². The molecule has 0 bridgehead atoms. The van der Waals surface area contributed by atoms with Crippen molar-refractivity contribution < 1.29 is 4.79 Å². The second-order valence-corrected chi connectivity index (χ2v) is 10.1. The largest absolute Gasteiger partial charge is 0.342 e. The summed E-state index contributed by atoms with van der Waals surface area (Å²) in [6.45, 7) is 3.73. The van der Waals surface area contributed by atoms with Gasteiger partial charge in [0.05, 0.1) is 25.9 Å². The fourth-order valence-corrected chi connectivity index (χ4v) is 6.07. The summed E-state index contributed by atoms with van der Waals surface area (Å²) in [5.74, 6) is 2.41. The van der Waals surface area contributed by atoms with Gasteiger partial charge in [-0.25, -0.2) is 9.97 Å². The van der Waals surface area contributed by atoms with Gasteiger partial charge < -0.3 is 4.90 Å². The van der Waals surface area contributed by atoms with E-state index in [2.05, 4.69) is 28.6 Å². The predicted octanol–water partition coefficient (Wildman–Crippen LogP) is 5.09. The molecule has 4 nitrogen and oxygen atoms in total. The van der Waals surface area contributed by atoms with Gasteiger partial charge in [-0.3, -0.25) is 4.79 Å². The van der Waals surface area contributed by atoms with Crippen LogP contribution >= 0.6 is 34.4 Å². The molecule has 3 heterocycles. The molecule has 1 aromatic carbocycles. The number of hydrogen-bond acceptors (Lipinski definition) is 6. The van der Waals surface area contributed by atoms with Gasteiger partial charge in [0.1, 0.15) is 0 Å². The zero-order chi connectivity index (χ0) is 18.6. The SMILES string of the molecule is Cc1nc(CSCCC(=O)N2CCC[C@@H](c3nc4ccccc4s3)C2)cs1. The lowest BCUT2D eigenvalue weighted by Crippen LogP contribution is -2.39. The number of carbonyl (C=O) groups is 1. The number of carbonyl (C=O) groups excluding carboxylic acids is 1. The second kappa shape index (κ2) is 8.71. The molecule has 1 saturated heterocycles. The smallest absolute Gasteiger partial charge is 0.223 e. The molecule has 1 atom stereocenters. The van der Waals surface area contributed by atoms with Crippen molar-refractivity contribution in [1.29, 1.82) is 0 Å². The molecule has 0 spiro atoms. The number of thiazole rings is 2. The zero-order valence-corrected chi connectivity index (χ0v) is 17.8. The Morgan fingerprint density at radius 2 is 2.22 bits per heavy atom. The van der Waals surface area contributed by atoms with Gasteiger partial charge in [0.15, 0.2) is 0 Å². The number of likely N-dealkylation sites (tertiary alicyclic amines) is 1. The molecule has 0 saturated carbocycles. The standard InChI is InChI=1S/C20H23N3OS3/c1-14-21-16(13-26-14)12-25-10-8-19(24)23-9-4-5-15(11-23)20-22-17-6-2-3-7-18(17)27-20/h2-3,6-7,13,15H,4-5,8-12H2,1H3/t15-/m1/s1. The average Bonchev–Trinajstić information content (AvgIpc) is 3.31. The van der Waals surface area contributed by atoms with Gasteiger partial charge in [-0.05, 0) is 31.9 Å². The summed E-state index contributed by atoms with van der Waals surface area (Å²) >= 11 is 5.26. The van der Waals surface area contributed by atoms with Gasteiger partial charge in [0, 0.05) is 42.3 Å². The molecule has 27 heavy (non-hydrogen) atoms. The van der Waals surface area contributed by atoms with E-state index in [0.29, 0.717) is 12.3 Å². The van der Waals surface area contributed by atoms with Crippen molar-refractivity contribution >= 4 is 50.6 Å². The van der Waals surface area contributed by atoms with Gasteiger partial charge >= 0.3 is 0 Å². The number of amides is 1. The van der Waals surface area contributed by atoms with E-state index in [-0.39, 0.29) is 5.91 Å². The van der Waals surface area contributed by atoms with Crippen LogP contribution in [0.3, 0.4) is 0 Å². The Kier molecular flexibility index (Phi) is 6.10. The van der Waals surface area contributed by atoms with Crippen LogP contribution in [0.15, 0.2) is 29.6 Å². The minimum atomic E-state index is 0.280. The number of para-hydroxylation sites is 1. The Hall–Kier alpha value is -1.44. The van der Waals surface area contributed by atoms with Gasteiger partial charge in [0.2, 0.25) is 5.91 Å². The summed E-state index contributed by atoms with van der Waals surface area (Å²) in [6.07, 6.45) is 2.81. The number of benzene rings is 1. The molecule has 1 aliphatic heterocycles. The molecule has 0 unspecified atom stereocenters. The Bertz CT molecular complexity index is 887. The van der Waals surface area contributed by atoms with Crippen molar-refractivity contribution in [3.63, 3.8) is 0 Å². The quantitative estimate of drug-likeness (QED) is 0.524. The molecule has 0 aliphatic carbocycles. The molecule has 7 heteroatoms. The third kappa shape index (κ3) is 4.70. The van der Waals surface area contributed by atoms with Crippen LogP contribution in [0.4, 0.5) is 0 Å². The molecule has 1 aliphatic rings. The normalized spacial score (nSPS) is 17.5. The first-order valence-corrected chi connectivity index (χ1v) is 12.2. The van der Waals surface area contributed by atoms with E-state index >= 15 is 0 Å². The number of aromatic nitrogens is 2. The molecule has 0 N–H and O–H groups in total. The highest BCUT2D eigenvalue weighted by molar-refractivity contribution is 7.98. The maximum atomic E-state index is 12.6. The summed E-state index contributed by atoms with van der Waals surface area (Å²) < 4.78 is 1.24. The second-order valence-electron chi connectivity index (χ2n) is 6.86. The summed E-state index contributed by atoms with van der Waals surface area (Å²) in [7, 11) is 0. The van der Waals surface area contributed by atoms with Gasteiger partial charge in [-0.1, -0.05) is 12.1 Å². The van der Waals surface area contributed by atoms with Gasteiger partial charge in [-0.15, -0.1) is 22.7 Å². The molecule has 4 rings (SSSR count). The van der Waals surface area contributed by atoms with Crippen molar-refractivity contribution in [3.05, 3.63) is 45.4 Å². The number of nitrogens with zero attached hydrogens (tertiary/aromatic N) is 3. The fraction of sp³-hybridized carbons (Fsp3) is 0.450. The highest BCUT2D eigenvalue weighted by Gasteiger charge is 2.26. The molecule has 2 aromatic heterocycles. The summed E-state index contributed by atoms with van der Waals surface area (Å²) in [4.78, 5) is 24.0. The van der Waals surface area contributed by atoms with E-state index in [1.54, 1.807) is 34.4 Å². The number of piperidine rings is 1. The Morgan fingerprint density at radius 3 is 3.04 bits per heavy atom. The minimum absolute atomic E-state index is 0.280. The molecule has 1 fully saturated rings. The monoisotopic (exact) mass is 417 g/mol. The van der Waals surface area contributed by atoms with E-state index in [0.717, 1.165) is 53.7 Å². The maximum Gasteiger partial charge on any atom is 0.223 e. The summed E-state index contributed by atoms with van der Waals surface area (Å²) in [6, 6.07) is 8.30. The first-order valence-electron chi connectivity index (χ1n) is 9.31. The third-order valence-electron chi connectivity index (χ3n) is 4.81. The van der Waals surface area contributed by atoms with E-state index in [9.17, 15) is 4.79 Å². The highest BCUT2D eigenvalue weighted by Crippen LogP contribution is 2.33. The van der Waals surface area contributed by atoms with Crippen LogP contribution in [0.25, 0.3) is 10.2 Å². The van der Waals surface area contributed by atoms with E-state index < -0.39 is 0 Å². The third-order valence-corrected chi connectivity index (χ3v) is 7.82. The van der Waals surface area contributed by atoms with Crippen LogP contribution in [0.5, 0.6) is 0 Å². The van der Waals surface area contributed by atoms with Crippen molar-refractivity contribution in [1.82, 2.24) is 14.9 Å². The lowest BCUT2D eigenvalue weighted by atomic mass is 9.98. The fourth-order valence-electron chi connectivity index (χ4n) is 3.44. The van der Waals surface area contributed by atoms with Gasteiger partial charge in [-0.2, -0.15) is 11.8 Å². The molecule has 1 amide bonds. The van der Waals surface area contributed by atoms with Crippen LogP contribution in [-0.4, -0.2) is 39.6 Å². The lowest BCUT2D eigenvalue weighted by molar-refractivity contribution is -0.131. The van der Waals surface area contributed by atoms with Crippen LogP contribution < -0.4 is 0 Å². The molecule has 3 aromatic rings.